The number of hydrogen-bond acceptors (Lipinski definition) is 3. The predicted octanol–water partition coefficient (Wildman–Crippen LogP) is 5.31. The highest BCUT2D eigenvalue weighted by molar-refractivity contribution is 5.93. The maximum Gasteiger partial charge on any atom is 0.221 e. The number of nitrogens with zero attached hydrogens (tertiary/aromatic N) is 4. The summed E-state index contributed by atoms with van der Waals surface area (Å²) in [7, 11) is 1.86. The molecule has 8 heteroatoms. The first-order valence-electron chi connectivity index (χ1n) is 10.2. The lowest BCUT2D eigenvalue weighted by atomic mass is 9.98. The number of hydrogen-bond donors (Lipinski definition) is 1. The standard InChI is InChI=1S/C25H19F2N5O/c1-15(33)30-21-8-17(22-5-4-20(26)10-24(22)27)7-18(9-21)23-12-29-32-14-16(3-6-25(23)32)19-11-28-31(2)13-19/h3-14H,1-2H3,(H,30,33). The van der Waals surface area contributed by atoms with Crippen molar-refractivity contribution in [3.63, 3.8) is 0 Å². The second-order valence-electron chi connectivity index (χ2n) is 7.81. The van der Waals surface area contributed by atoms with E-state index in [2.05, 4.69) is 15.5 Å². The average Bonchev–Trinajstić information content (AvgIpc) is 3.38. The van der Waals surface area contributed by atoms with Gasteiger partial charge >= 0.3 is 0 Å². The molecule has 0 atom stereocenters. The molecule has 2 aromatic carbocycles. The summed E-state index contributed by atoms with van der Waals surface area (Å²) in [4.78, 5) is 11.7. The molecule has 164 valence electrons. The number of pyridine rings is 1. The minimum absolute atomic E-state index is 0.236. The monoisotopic (exact) mass is 443 g/mol. The van der Waals surface area contributed by atoms with Crippen LogP contribution in [0.3, 0.4) is 0 Å². The van der Waals surface area contributed by atoms with Gasteiger partial charge < -0.3 is 5.32 Å². The lowest BCUT2D eigenvalue weighted by Crippen LogP contribution is -2.06. The van der Waals surface area contributed by atoms with Crippen molar-refractivity contribution < 1.29 is 13.6 Å². The molecule has 0 fully saturated rings. The molecule has 0 aliphatic carbocycles. The highest BCUT2D eigenvalue weighted by atomic mass is 19.1. The number of amides is 1. The van der Waals surface area contributed by atoms with Crippen LogP contribution in [0.25, 0.3) is 38.9 Å². The van der Waals surface area contributed by atoms with E-state index >= 15 is 0 Å². The van der Waals surface area contributed by atoms with Crippen molar-refractivity contribution in [1.29, 1.82) is 0 Å². The molecule has 0 radical (unpaired) electrons. The summed E-state index contributed by atoms with van der Waals surface area (Å²) in [5.74, 6) is -1.58. The first-order chi connectivity index (χ1) is 15.9. The first kappa shape index (κ1) is 20.6. The summed E-state index contributed by atoms with van der Waals surface area (Å²) in [6.07, 6.45) is 7.34. The first-order valence-corrected chi connectivity index (χ1v) is 10.2. The Hall–Kier alpha value is -4.33. The molecule has 0 bridgehead atoms. The predicted molar refractivity (Wildman–Crippen MR) is 122 cm³/mol. The van der Waals surface area contributed by atoms with Crippen molar-refractivity contribution >= 4 is 17.1 Å². The van der Waals surface area contributed by atoms with E-state index in [1.807, 2.05) is 31.6 Å². The molecule has 3 aromatic heterocycles. The van der Waals surface area contributed by atoms with Crippen LogP contribution in [0.15, 0.2) is 73.3 Å². The molecule has 0 saturated carbocycles. The summed E-state index contributed by atoms with van der Waals surface area (Å²) < 4.78 is 31.4. The van der Waals surface area contributed by atoms with Crippen LogP contribution in [-0.2, 0) is 11.8 Å². The highest BCUT2D eigenvalue weighted by Crippen LogP contribution is 2.34. The molecule has 0 spiro atoms. The average molecular weight is 443 g/mol. The second-order valence-corrected chi connectivity index (χ2v) is 7.81. The number of aromatic nitrogens is 4. The van der Waals surface area contributed by atoms with Crippen molar-refractivity contribution in [2.45, 2.75) is 6.92 Å². The Morgan fingerprint density at radius 1 is 0.848 bits per heavy atom. The number of anilines is 1. The van der Waals surface area contributed by atoms with E-state index in [1.54, 1.807) is 39.8 Å². The van der Waals surface area contributed by atoms with Crippen LogP contribution in [0, 0.1) is 11.6 Å². The number of carbonyl (C=O) groups excluding carboxylic acids is 1. The number of nitrogens with one attached hydrogen (secondary N) is 1. The van der Waals surface area contributed by atoms with Crippen LogP contribution >= 0.6 is 0 Å². The Labute approximate surface area is 188 Å². The normalized spacial score (nSPS) is 11.2. The minimum Gasteiger partial charge on any atom is -0.326 e. The molecule has 0 saturated heterocycles. The van der Waals surface area contributed by atoms with Gasteiger partial charge in [0.15, 0.2) is 0 Å². The van der Waals surface area contributed by atoms with Crippen molar-refractivity contribution in [3.8, 4) is 33.4 Å². The van der Waals surface area contributed by atoms with Crippen molar-refractivity contribution in [2.75, 3.05) is 5.32 Å². The summed E-state index contributed by atoms with van der Waals surface area (Å²) in [5, 5.41) is 11.5. The van der Waals surface area contributed by atoms with E-state index in [0.29, 0.717) is 11.3 Å². The van der Waals surface area contributed by atoms with E-state index in [9.17, 15) is 13.6 Å². The van der Waals surface area contributed by atoms with Crippen LogP contribution in [0.5, 0.6) is 0 Å². The molecule has 5 aromatic rings. The maximum atomic E-state index is 14.5. The fraction of sp³-hybridized carbons (Fsp3) is 0.0800. The van der Waals surface area contributed by atoms with Gasteiger partial charge in [0, 0.05) is 60.4 Å². The van der Waals surface area contributed by atoms with Gasteiger partial charge in [-0.3, -0.25) is 9.48 Å². The Balaban J connectivity index is 1.64. The highest BCUT2D eigenvalue weighted by Gasteiger charge is 2.14. The molecule has 6 nitrogen and oxygen atoms in total. The molecule has 0 aliphatic rings. The zero-order valence-corrected chi connectivity index (χ0v) is 17.9. The van der Waals surface area contributed by atoms with E-state index in [4.69, 9.17) is 0 Å². The zero-order chi connectivity index (χ0) is 23.1. The molecular weight excluding hydrogens is 424 g/mol. The Bertz CT molecular complexity index is 1520. The van der Waals surface area contributed by atoms with Gasteiger partial charge in [-0.15, -0.1) is 0 Å². The molecule has 0 aliphatic heterocycles. The Morgan fingerprint density at radius 2 is 1.64 bits per heavy atom. The van der Waals surface area contributed by atoms with Gasteiger partial charge in [-0.2, -0.15) is 10.2 Å². The number of carbonyl (C=O) groups is 1. The van der Waals surface area contributed by atoms with Crippen molar-refractivity contribution in [2.24, 2.45) is 7.05 Å². The third-order valence-electron chi connectivity index (χ3n) is 5.36. The second kappa shape index (κ2) is 7.98. The number of halogens is 2. The molecule has 5 rings (SSSR count). The van der Waals surface area contributed by atoms with Gasteiger partial charge in [-0.25, -0.2) is 13.3 Å². The number of aryl methyl sites for hydroxylation is 1. The van der Waals surface area contributed by atoms with Gasteiger partial charge in [0.1, 0.15) is 11.6 Å². The van der Waals surface area contributed by atoms with E-state index in [1.165, 1.54) is 19.1 Å². The van der Waals surface area contributed by atoms with Crippen molar-refractivity contribution in [1.82, 2.24) is 19.4 Å². The molecule has 1 N–H and O–H groups in total. The molecule has 1 amide bonds. The molecular formula is C25H19F2N5O. The van der Waals surface area contributed by atoms with Gasteiger partial charge in [0.05, 0.1) is 17.9 Å². The minimum atomic E-state index is -0.679. The largest absolute Gasteiger partial charge is 0.326 e. The van der Waals surface area contributed by atoms with Crippen LogP contribution in [0.1, 0.15) is 6.92 Å². The zero-order valence-electron chi connectivity index (χ0n) is 17.9. The van der Waals surface area contributed by atoms with E-state index < -0.39 is 11.6 Å². The third-order valence-corrected chi connectivity index (χ3v) is 5.36. The molecule has 33 heavy (non-hydrogen) atoms. The lowest BCUT2D eigenvalue weighted by molar-refractivity contribution is -0.114. The summed E-state index contributed by atoms with van der Waals surface area (Å²) >= 11 is 0. The third kappa shape index (κ3) is 3.98. The van der Waals surface area contributed by atoms with Crippen molar-refractivity contribution in [3.05, 3.63) is 85.0 Å². The summed E-state index contributed by atoms with van der Waals surface area (Å²) in [6, 6.07) is 12.6. The molecule has 3 heterocycles. The fourth-order valence-corrected chi connectivity index (χ4v) is 3.89. The summed E-state index contributed by atoms with van der Waals surface area (Å²) in [6.45, 7) is 1.40. The topological polar surface area (TPSA) is 64.2 Å². The number of rotatable bonds is 4. The lowest BCUT2D eigenvalue weighted by Gasteiger charge is -2.11. The van der Waals surface area contributed by atoms with Gasteiger partial charge in [0.25, 0.3) is 0 Å². The smallest absolute Gasteiger partial charge is 0.221 e. The van der Waals surface area contributed by atoms with Crippen LogP contribution < -0.4 is 5.32 Å². The quantitative estimate of drug-likeness (QED) is 0.410. The Kier molecular flexibility index (Phi) is 4.97. The summed E-state index contributed by atoms with van der Waals surface area (Å²) in [5.41, 5.74) is 5.58. The van der Waals surface area contributed by atoms with Gasteiger partial charge in [-0.05, 0) is 47.5 Å². The maximum absolute atomic E-state index is 14.5. The molecule has 0 unspecified atom stereocenters. The van der Waals surface area contributed by atoms with Crippen LogP contribution in [0.4, 0.5) is 14.5 Å². The Morgan fingerprint density at radius 3 is 2.33 bits per heavy atom. The SMILES string of the molecule is CC(=O)Nc1cc(-c2ccc(F)cc2F)cc(-c2cnn3cc(-c4cnn(C)c4)ccc23)c1. The van der Waals surface area contributed by atoms with Gasteiger partial charge in [0.2, 0.25) is 5.91 Å². The van der Waals surface area contributed by atoms with Crippen LogP contribution in [-0.4, -0.2) is 25.3 Å². The van der Waals surface area contributed by atoms with E-state index in [0.717, 1.165) is 33.8 Å². The van der Waals surface area contributed by atoms with Gasteiger partial charge in [-0.1, -0.05) is 6.07 Å². The van der Waals surface area contributed by atoms with E-state index in [-0.39, 0.29) is 11.5 Å². The number of fused-ring (bicyclic) bond motifs is 1. The van der Waals surface area contributed by atoms with Crippen LogP contribution in [0.2, 0.25) is 0 Å². The fourth-order valence-electron chi connectivity index (χ4n) is 3.89. The number of benzene rings is 2.